The Morgan fingerprint density at radius 2 is 1.97 bits per heavy atom. The molecule has 1 saturated heterocycles. The molecule has 1 aliphatic carbocycles. The van der Waals surface area contributed by atoms with E-state index in [9.17, 15) is 22.9 Å². The van der Waals surface area contributed by atoms with E-state index in [1.54, 1.807) is 12.1 Å². The number of nitriles is 1. The highest BCUT2D eigenvalue weighted by molar-refractivity contribution is 7.89. The van der Waals surface area contributed by atoms with Gasteiger partial charge in [0.15, 0.2) is 0 Å². The van der Waals surface area contributed by atoms with Crippen molar-refractivity contribution in [1.29, 1.82) is 5.26 Å². The molecule has 2 aromatic rings. The predicted molar refractivity (Wildman–Crippen MR) is 116 cm³/mol. The van der Waals surface area contributed by atoms with E-state index in [1.807, 2.05) is 12.1 Å². The van der Waals surface area contributed by atoms with Gasteiger partial charge < -0.3 is 10.1 Å². The third kappa shape index (κ3) is 4.20. The molecule has 0 aromatic heterocycles. The van der Waals surface area contributed by atoms with E-state index in [0.717, 1.165) is 30.5 Å². The monoisotopic (exact) mass is 457 g/mol. The van der Waals surface area contributed by atoms with Crippen molar-refractivity contribution in [3.63, 3.8) is 0 Å². The lowest BCUT2D eigenvalue weighted by atomic mass is 9.97. The Morgan fingerprint density at radius 1 is 1.25 bits per heavy atom. The van der Waals surface area contributed by atoms with Crippen LogP contribution in [0, 0.1) is 23.1 Å². The van der Waals surface area contributed by atoms with Gasteiger partial charge in [0.05, 0.1) is 24.5 Å². The van der Waals surface area contributed by atoms with Crippen LogP contribution in [-0.2, 0) is 20.2 Å². The number of hydrogen-bond acceptors (Lipinski definition) is 5. The average Bonchev–Trinajstić information content (AvgIpc) is 3.61. The lowest BCUT2D eigenvalue weighted by molar-refractivity contribution is -0.120. The minimum atomic E-state index is -4.03. The zero-order valence-corrected chi connectivity index (χ0v) is 18.5. The second kappa shape index (κ2) is 8.52. The van der Waals surface area contributed by atoms with Crippen molar-refractivity contribution in [3.8, 4) is 11.8 Å². The molecule has 1 amide bonds. The fourth-order valence-corrected chi connectivity index (χ4v) is 5.76. The number of hydrogen-bond donors (Lipinski definition) is 1. The van der Waals surface area contributed by atoms with Gasteiger partial charge in [0.2, 0.25) is 15.9 Å². The molecule has 1 aliphatic heterocycles. The van der Waals surface area contributed by atoms with Gasteiger partial charge in [0.25, 0.3) is 0 Å². The molecule has 1 heterocycles. The molecule has 1 atom stereocenters. The first-order valence-corrected chi connectivity index (χ1v) is 11.9. The first-order valence-electron chi connectivity index (χ1n) is 10.5. The summed E-state index contributed by atoms with van der Waals surface area (Å²) in [6, 6.07) is 12.9. The molecule has 4 rings (SSSR count). The largest absolute Gasteiger partial charge is 0.495 e. The van der Waals surface area contributed by atoms with Gasteiger partial charge in [-0.3, -0.25) is 4.79 Å². The van der Waals surface area contributed by atoms with Crippen molar-refractivity contribution >= 4 is 21.6 Å². The fraction of sp³-hybridized carbons (Fsp3) is 0.391. The summed E-state index contributed by atoms with van der Waals surface area (Å²) in [5.41, 5.74) is 1.15. The van der Waals surface area contributed by atoms with Crippen LogP contribution in [0.3, 0.4) is 0 Å². The molecule has 7 nitrogen and oxygen atoms in total. The van der Waals surface area contributed by atoms with Crippen LogP contribution in [0.2, 0.25) is 0 Å². The number of amides is 1. The second-order valence-electron chi connectivity index (χ2n) is 8.26. The normalized spacial score (nSPS) is 20.2. The zero-order valence-electron chi connectivity index (χ0n) is 17.7. The van der Waals surface area contributed by atoms with Crippen molar-refractivity contribution in [2.24, 2.45) is 5.92 Å². The number of rotatable bonds is 6. The number of sulfonamides is 1. The van der Waals surface area contributed by atoms with Gasteiger partial charge in [-0.2, -0.15) is 9.57 Å². The van der Waals surface area contributed by atoms with Gasteiger partial charge in [-0.25, -0.2) is 12.8 Å². The summed E-state index contributed by atoms with van der Waals surface area (Å²) in [5, 5.41) is 12.2. The van der Waals surface area contributed by atoms with Crippen LogP contribution in [0.15, 0.2) is 47.4 Å². The molecule has 2 aliphatic rings. The third-order valence-electron chi connectivity index (χ3n) is 6.17. The summed E-state index contributed by atoms with van der Waals surface area (Å²) >= 11 is 0. The van der Waals surface area contributed by atoms with Crippen molar-refractivity contribution in [3.05, 3.63) is 53.8 Å². The van der Waals surface area contributed by atoms with Crippen LogP contribution >= 0.6 is 0 Å². The average molecular weight is 458 g/mol. The van der Waals surface area contributed by atoms with Crippen LogP contribution < -0.4 is 10.1 Å². The maximum absolute atomic E-state index is 13.7. The molecule has 0 unspecified atom stereocenters. The number of methoxy groups -OCH3 is 1. The lowest BCUT2D eigenvalue weighted by Gasteiger charge is -2.31. The van der Waals surface area contributed by atoms with Crippen LogP contribution in [0.25, 0.3) is 0 Å². The molecule has 0 radical (unpaired) electrons. The molecule has 32 heavy (non-hydrogen) atoms. The van der Waals surface area contributed by atoms with Crippen LogP contribution in [0.4, 0.5) is 10.1 Å². The molecular weight excluding hydrogens is 433 g/mol. The summed E-state index contributed by atoms with van der Waals surface area (Å²) in [4.78, 5) is 12.6. The number of benzene rings is 2. The quantitative estimate of drug-likeness (QED) is 0.717. The smallest absolute Gasteiger partial charge is 0.246 e. The number of nitrogens with one attached hydrogen (secondary N) is 1. The minimum absolute atomic E-state index is 0.00343. The second-order valence-corrected chi connectivity index (χ2v) is 10.2. The minimum Gasteiger partial charge on any atom is -0.495 e. The Kier molecular flexibility index (Phi) is 5.93. The van der Waals surface area contributed by atoms with Gasteiger partial charge in [-0.15, -0.1) is 0 Å². The Hall–Kier alpha value is -2.96. The maximum atomic E-state index is 13.7. The van der Waals surface area contributed by atoms with Gasteiger partial charge in [0.1, 0.15) is 16.5 Å². The van der Waals surface area contributed by atoms with Gasteiger partial charge >= 0.3 is 0 Å². The van der Waals surface area contributed by atoms with Crippen molar-refractivity contribution < 1.29 is 22.3 Å². The molecule has 168 valence electrons. The highest BCUT2D eigenvalue weighted by Crippen LogP contribution is 2.47. The highest BCUT2D eigenvalue weighted by atomic mass is 32.2. The number of carbonyl (C=O) groups is 1. The summed E-state index contributed by atoms with van der Waals surface area (Å²) in [6.45, 7) is 0.250. The number of ether oxygens (including phenoxy) is 1. The highest BCUT2D eigenvalue weighted by Gasteiger charge is 2.44. The summed E-state index contributed by atoms with van der Waals surface area (Å²) < 4.78 is 46.3. The van der Waals surface area contributed by atoms with E-state index in [0.29, 0.717) is 18.5 Å². The zero-order chi connectivity index (χ0) is 22.9. The molecule has 0 spiro atoms. The van der Waals surface area contributed by atoms with Crippen LogP contribution in [-0.4, -0.2) is 38.8 Å². The first-order chi connectivity index (χ1) is 15.3. The van der Waals surface area contributed by atoms with E-state index >= 15 is 0 Å². The Balaban J connectivity index is 1.46. The predicted octanol–water partition coefficient (Wildman–Crippen LogP) is 3.43. The number of halogens is 1. The molecule has 1 N–H and O–H groups in total. The topological polar surface area (TPSA) is 99.5 Å². The van der Waals surface area contributed by atoms with Gasteiger partial charge in [-0.05, 0) is 61.6 Å². The van der Waals surface area contributed by atoms with E-state index in [4.69, 9.17) is 4.74 Å². The van der Waals surface area contributed by atoms with E-state index < -0.39 is 27.2 Å². The molecule has 2 aromatic carbocycles. The number of nitrogens with zero attached hydrogens (tertiary/aromatic N) is 2. The van der Waals surface area contributed by atoms with Crippen molar-refractivity contribution in [2.75, 3.05) is 25.5 Å². The Morgan fingerprint density at radius 3 is 2.59 bits per heavy atom. The van der Waals surface area contributed by atoms with Crippen molar-refractivity contribution in [1.82, 2.24) is 4.31 Å². The van der Waals surface area contributed by atoms with E-state index in [2.05, 4.69) is 11.4 Å². The maximum Gasteiger partial charge on any atom is 0.246 e. The van der Waals surface area contributed by atoms with Crippen LogP contribution in [0.5, 0.6) is 5.75 Å². The third-order valence-corrected chi connectivity index (χ3v) is 8.05. The summed E-state index contributed by atoms with van der Waals surface area (Å²) in [6.07, 6.45) is 2.75. The lowest BCUT2D eigenvalue weighted by Crippen LogP contribution is -2.43. The van der Waals surface area contributed by atoms with E-state index in [1.165, 1.54) is 17.5 Å². The molecule has 2 fully saturated rings. The molecule has 0 bridgehead atoms. The number of piperidine rings is 1. The summed E-state index contributed by atoms with van der Waals surface area (Å²) in [7, 11) is -2.70. The Labute approximate surface area is 186 Å². The summed E-state index contributed by atoms with van der Waals surface area (Å²) in [5.74, 6) is -1.43. The molecule has 9 heteroatoms. The van der Waals surface area contributed by atoms with Gasteiger partial charge in [0, 0.05) is 18.8 Å². The SMILES string of the molecule is COc1ccc(F)cc1S(=O)(=O)N1CCC[C@H](C(=O)Nc2ccc(C3(C#N)CC3)cc2)C1. The number of anilines is 1. The Bertz CT molecular complexity index is 1170. The first kappa shape index (κ1) is 22.2. The molecular formula is C23H24FN3O4S. The van der Waals surface area contributed by atoms with E-state index in [-0.39, 0.29) is 29.6 Å². The van der Waals surface area contributed by atoms with Crippen molar-refractivity contribution in [2.45, 2.75) is 36.0 Å². The van der Waals surface area contributed by atoms with Gasteiger partial charge in [-0.1, -0.05) is 12.1 Å². The standard InChI is InChI=1S/C23H24FN3O4S/c1-31-20-9-6-18(24)13-21(20)32(29,30)27-12-2-3-16(14-27)22(28)26-19-7-4-17(5-8-19)23(15-25)10-11-23/h4-9,13,16H,2-3,10-12,14H2,1H3,(H,26,28)/t16-/m0/s1. The fourth-order valence-electron chi connectivity index (χ4n) is 4.07. The molecule has 1 saturated carbocycles. The van der Waals surface area contributed by atoms with Crippen LogP contribution in [0.1, 0.15) is 31.2 Å². The number of carbonyl (C=O) groups excluding carboxylic acids is 1.